The zero-order valence-electron chi connectivity index (χ0n) is 14.8. The van der Waals surface area contributed by atoms with Crippen LogP contribution in [0.25, 0.3) is 0 Å². The number of amides is 1. The first kappa shape index (κ1) is 18.6. The topological polar surface area (TPSA) is 50.8 Å². The minimum Gasteiger partial charge on any atom is -0.377 e. The number of nitrogens with one attached hydrogen (secondary N) is 1. The highest BCUT2D eigenvalue weighted by molar-refractivity contribution is 6.33. The summed E-state index contributed by atoms with van der Waals surface area (Å²) >= 11 is 6.22. The number of hydrogen-bond acceptors (Lipinski definition) is 4. The first-order valence-corrected chi connectivity index (χ1v) is 9.49. The van der Waals surface area contributed by atoms with Gasteiger partial charge in [-0.15, -0.1) is 0 Å². The molecule has 2 aliphatic heterocycles. The van der Waals surface area contributed by atoms with Gasteiger partial charge in [0.05, 0.1) is 29.5 Å². The second-order valence-electron chi connectivity index (χ2n) is 7.00. The molecule has 6 heteroatoms. The summed E-state index contributed by atoms with van der Waals surface area (Å²) in [6.07, 6.45) is 4.77. The van der Waals surface area contributed by atoms with E-state index in [2.05, 4.69) is 10.2 Å². The first-order valence-electron chi connectivity index (χ1n) is 9.12. The van der Waals surface area contributed by atoms with Gasteiger partial charge in [-0.2, -0.15) is 0 Å². The number of benzene rings is 1. The van der Waals surface area contributed by atoms with Crippen molar-refractivity contribution in [3.05, 3.63) is 28.8 Å². The average molecular weight is 367 g/mol. The molecule has 0 bridgehead atoms. The van der Waals surface area contributed by atoms with Gasteiger partial charge in [0.1, 0.15) is 0 Å². The Kier molecular flexibility index (Phi) is 6.70. The third-order valence-corrected chi connectivity index (χ3v) is 5.05. The van der Waals surface area contributed by atoms with Crippen molar-refractivity contribution in [2.75, 3.05) is 38.2 Å². The Morgan fingerprint density at radius 1 is 1.20 bits per heavy atom. The third kappa shape index (κ3) is 5.68. The fourth-order valence-electron chi connectivity index (χ4n) is 3.47. The molecular weight excluding hydrogens is 340 g/mol. The molecule has 2 aliphatic rings. The summed E-state index contributed by atoms with van der Waals surface area (Å²) in [7, 11) is 0. The van der Waals surface area contributed by atoms with Gasteiger partial charge in [0.15, 0.2) is 0 Å². The Hall–Kier alpha value is -1.14. The molecular formula is C19H27ClN2O3. The highest BCUT2D eigenvalue weighted by atomic mass is 35.5. The average Bonchev–Trinajstić information content (AvgIpc) is 3.24. The number of nitrogens with zero attached hydrogens (tertiary/aromatic N) is 1. The molecule has 2 heterocycles. The van der Waals surface area contributed by atoms with E-state index in [-0.39, 0.29) is 18.1 Å². The number of carbonyl (C=O) groups excluding carboxylic acids is 1. The molecule has 2 fully saturated rings. The zero-order valence-corrected chi connectivity index (χ0v) is 15.6. The SMILES string of the molecule is Cc1ccc(NC(=O)CN(C[C@H]2CCCO2)C[C@@H]2CCCO2)c(Cl)c1. The van der Waals surface area contributed by atoms with E-state index in [1.165, 1.54) is 0 Å². The third-order valence-electron chi connectivity index (χ3n) is 4.74. The van der Waals surface area contributed by atoms with Gasteiger partial charge < -0.3 is 14.8 Å². The molecule has 3 rings (SSSR count). The lowest BCUT2D eigenvalue weighted by atomic mass is 10.2. The van der Waals surface area contributed by atoms with Crippen molar-refractivity contribution >= 4 is 23.2 Å². The molecule has 0 aromatic heterocycles. The number of carbonyl (C=O) groups is 1. The van der Waals surface area contributed by atoms with Gasteiger partial charge in [-0.3, -0.25) is 9.69 Å². The molecule has 0 spiro atoms. The van der Waals surface area contributed by atoms with Gasteiger partial charge in [0, 0.05) is 26.3 Å². The normalized spacial score (nSPS) is 23.3. The Balaban J connectivity index is 1.57. The molecule has 0 radical (unpaired) electrons. The minimum absolute atomic E-state index is 0.0539. The number of rotatable bonds is 7. The van der Waals surface area contributed by atoms with Crippen molar-refractivity contribution in [1.82, 2.24) is 4.90 Å². The van der Waals surface area contributed by atoms with Crippen molar-refractivity contribution in [2.45, 2.75) is 44.8 Å². The quantitative estimate of drug-likeness (QED) is 0.804. The molecule has 2 atom stereocenters. The van der Waals surface area contributed by atoms with Gasteiger partial charge in [-0.25, -0.2) is 0 Å². The van der Waals surface area contributed by atoms with Crippen LogP contribution in [0.1, 0.15) is 31.2 Å². The van der Waals surface area contributed by atoms with E-state index in [1.54, 1.807) is 0 Å². The van der Waals surface area contributed by atoms with Crippen molar-refractivity contribution in [2.24, 2.45) is 0 Å². The number of halogens is 1. The number of ether oxygens (including phenoxy) is 2. The smallest absolute Gasteiger partial charge is 0.238 e. The van der Waals surface area contributed by atoms with Crippen LogP contribution in [0.2, 0.25) is 5.02 Å². The fraction of sp³-hybridized carbons (Fsp3) is 0.632. The number of anilines is 1. The molecule has 1 N–H and O–H groups in total. The van der Waals surface area contributed by atoms with E-state index >= 15 is 0 Å². The standard InChI is InChI=1S/C19H27ClN2O3/c1-14-6-7-18(17(20)10-14)21-19(23)13-22(11-15-4-2-8-24-15)12-16-5-3-9-25-16/h6-7,10,15-16H,2-5,8-9,11-13H2,1H3,(H,21,23)/t15-,16+. The van der Waals surface area contributed by atoms with Gasteiger partial charge in [-0.1, -0.05) is 17.7 Å². The van der Waals surface area contributed by atoms with Crippen LogP contribution in [0.3, 0.4) is 0 Å². The maximum atomic E-state index is 12.5. The second-order valence-corrected chi connectivity index (χ2v) is 7.40. The van der Waals surface area contributed by atoms with Crippen LogP contribution in [-0.2, 0) is 14.3 Å². The van der Waals surface area contributed by atoms with E-state index in [0.29, 0.717) is 17.3 Å². The van der Waals surface area contributed by atoms with Gasteiger partial charge in [0.2, 0.25) is 5.91 Å². The van der Waals surface area contributed by atoms with Crippen LogP contribution in [0.15, 0.2) is 18.2 Å². The molecule has 1 aromatic rings. The second kappa shape index (κ2) is 8.99. The molecule has 1 aromatic carbocycles. The van der Waals surface area contributed by atoms with E-state index < -0.39 is 0 Å². The van der Waals surface area contributed by atoms with Crippen LogP contribution in [0.5, 0.6) is 0 Å². The molecule has 0 aliphatic carbocycles. The largest absolute Gasteiger partial charge is 0.377 e. The fourth-order valence-corrected chi connectivity index (χ4v) is 3.75. The van der Waals surface area contributed by atoms with E-state index in [9.17, 15) is 4.79 Å². The minimum atomic E-state index is -0.0539. The molecule has 1 amide bonds. The molecule has 0 saturated carbocycles. The summed E-state index contributed by atoms with van der Waals surface area (Å²) in [6.45, 7) is 5.49. The summed E-state index contributed by atoms with van der Waals surface area (Å²) in [5.74, 6) is -0.0539. The highest BCUT2D eigenvalue weighted by Gasteiger charge is 2.25. The first-order chi connectivity index (χ1) is 12.1. The summed E-state index contributed by atoms with van der Waals surface area (Å²) in [5.41, 5.74) is 1.73. The van der Waals surface area contributed by atoms with Crippen LogP contribution in [-0.4, -0.2) is 55.9 Å². The Morgan fingerprint density at radius 2 is 1.84 bits per heavy atom. The van der Waals surface area contributed by atoms with Gasteiger partial charge >= 0.3 is 0 Å². The lowest BCUT2D eigenvalue weighted by molar-refractivity contribution is -0.118. The monoisotopic (exact) mass is 366 g/mol. The Bertz CT molecular complexity index is 566. The van der Waals surface area contributed by atoms with Crippen molar-refractivity contribution in [3.63, 3.8) is 0 Å². The number of hydrogen-bond donors (Lipinski definition) is 1. The highest BCUT2D eigenvalue weighted by Crippen LogP contribution is 2.23. The van der Waals surface area contributed by atoms with Crippen LogP contribution in [0.4, 0.5) is 5.69 Å². The lowest BCUT2D eigenvalue weighted by Gasteiger charge is -2.27. The van der Waals surface area contributed by atoms with Crippen LogP contribution < -0.4 is 5.32 Å². The molecule has 25 heavy (non-hydrogen) atoms. The van der Waals surface area contributed by atoms with Crippen molar-refractivity contribution in [3.8, 4) is 0 Å². The maximum absolute atomic E-state index is 12.5. The Morgan fingerprint density at radius 3 is 2.36 bits per heavy atom. The molecule has 0 unspecified atom stereocenters. The summed E-state index contributed by atoms with van der Waals surface area (Å²) in [4.78, 5) is 14.7. The Labute approximate surface area is 154 Å². The van der Waals surface area contributed by atoms with Crippen molar-refractivity contribution in [1.29, 1.82) is 0 Å². The predicted molar refractivity (Wildman–Crippen MR) is 99.2 cm³/mol. The lowest BCUT2D eigenvalue weighted by Crippen LogP contribution is -2.42. The summed E-state index contributed by atoms with van der Waals surface area (Å²) in [5, 5.41) is 3.49. The summed E-state index contributed by atoms with van der Waals surface area (Å²) in [6, 6.07) is 5.64. The molecule has 138 valence electrons. The maximum Gasteiger partial charge on any atom is 0.238 e. The zero-order chi connectivity index (χ0) is 17.6. The summed E-state index contributed by atoms with van der Waals surface area (Å²) < 4.78 is 11.5. The number of aryl methyl sites for hydroxylation is 1. The van der Waals surface area contributed by atoms with Gasteiger partial charge in [0.25, 0.3) is 0 Å². The molecule has 5 nitrogen and oxygen atoms in total. The predicted octanol–water partition coefficient (Wildman–Crippen LogP) is 3.25. The van der Waals surface area contributed by atoms with Crippen LogP contribution >= 0.6 is 11.6 Å². The van der Waals surface area contributed by atoms with Gasteiger partial charge in [-0.05, 0) is 50.3 Å². The van der Waals surface area contributed by atoms with Crippen molar-refractivity contribution < 1.29 is 14.3 Å². The van der Waals surface area contributed by atoms with E-state index in [4.69, 9.17) is 21.1 Å². The van der Waals surface area contributed by atoms with Crippen LogP contribution in [0, 0.1) is 6.92 Å². The van der Waals surface area contributed by atoms with E-state index in [1.807, 2.05) is 25.1 Å². The van der Waals surface area contributed by atoms with E-state index in [0.717, 1.165) is 57.6 Å². The molecule has 2 saturated heterocycles.